The lowest BCUT2D eigenvalue weighted by molar-refractivity contribution is -0.132. The van der Waals surface area contributed by atoms with E-state index in [1.807, 2.05) is 11.8 Å². The van der Waals surface area contributed by atoms with E-state index < -0.39 is 0 Å². The van der Waals surface area contributed by atoms with Crippen LogP contribution in [0.2, 0.25) is 0 Å². The van der Waals surface area contributed by atoms with Gasteiger partial charge in [0.05, 0.1) is 13.2 Å². The van der Waals surface area contributed by atoms with Crippen LogP contribution in [-0.2, 0) is 24.1 Å². The summed E-state index contributed by atoms with van der Waals surface area (Å²) in [4.78, 5) is 13.9. The van der Waals surface area contributed by atoms with Gasteiger partial charge in [-0.2, -0.15) is 0 Å². The van der Waals surface area contributed by atoms with Crippen LogP contribution in [0, 0.1) is 5.92 Å². The first-order chi connectivity index (χ1) is 11.3. The number of carbonyl (C=O) groups is 1. The van der Waals surface area contributed by atoms with Crippen LogP contribution in [0.1, 0.15) is 42.9 Å². The Morgan fingerprint density at radius 2 is 2.00 bits per heavy atom. The third-order valence-electron chi connectivity index (χ3n) is 5.52. The lowest BCUT2D eigenvalue weighted by atomic mass is 9.86. The summed E-state index contributed by atoms with van der Waals surface area (Å²) in [6.07, 6.45) is 5.91. The van der Waals surface area contributed by atoms with Crippen LogP contribution in [0.3, 0.4) is 0 Å². The Morgan fingerprint density at radius 1 is 1.22 bits per heavy atom. The molecule has 3 heterocycles. The smallest absolute Gasteiger partial charge is 0.222 e. The minimum absolute atomic E-state index is 0.293. The molecule has 0 atom stereocenters. The van der Waals surface area contributed by atoms with Crippen molar-refractivity contribution in [3.05, 3.63) is 22.8 Å². The maximum Gasteiger partial charge on any atom is 0.222 e. The number of rotatable bonds is 3. The van der Waals surface area contributed by atoms with Gasteiger partial charge in [0.15, 0.2) is 0 Å². The zero-order valence-electron chi connectivity index (χ0n) is 13.9. The molecule has 4 nitrogen and oxygen atoms in total. The first-order valence-corrected chi connectivity index (χ1v) is 8.97. The van der Waals surface area contributed by atoms with E-state index in [0.717, 1.165) is 69.9 Å². The molecule has 0 aromatic heterocycles. The van der Waals surface area contributed by atoms with Crippen molar-refractivity contribution in [1.82, 2.24) is 4.90 Å². The number of benzene rings is 1. The first kappa shape index (κ1) is 14.9. The van der Waals surface area contributed by atoms with Crippen LogP contribution < -0.4 is 9.47 Å². The fourth-order valence-corrected chi connectivity index (χ4v) is 4.20. The molecule has 0 radical (unpaired) electrons. The number of fused-ring (bicyclic) bond motifs is 2. The van der Waals surface area contributed by atoms with E-state index in [2.05, 4.69) is 6.07 Å². The summed E-state index contributed by atoms with van der Waals surface area (Å²) in [7, 11) is 0. The van der Waals surface area contributed by atoms with E-state index in [0.29, 0.717) is 18.2 Å². The summed E-state index contributed by atoms with van der Waals surface area (Å²) < 4.78 is 11.8. The van der Waals surface area contributed by atoms with Gasteiger partial charge in [-0.05, 0) is 31.2 Å². The Bertz CT molecular complexity index is 585. The minimum atomic E-state index is 0.293. The minimum Gasteiger partial charge on any atom is -0.493 e. The Balaban J connectivity index is 1.51. The van der Waals surface area contributed by atoms with Crippen molar-refractivity contribution in [2.24, 2.45) is 5.92 Å². The van der Waals surface area contributed by atoms with Crippen molar-refractivity contribution in [3.8, 4) is 11.5 Å². The van der Waals surface area contributed by atoms with E-state index in [1.165, 1.54) is 16.7 Å². The topological polar surface area (TPSA) is 38.8 Å². The van der Waals surface area contributed by atoms with Gasteiger partial charge in [-0.15, -0.1) is 0 Å². The van der Waals surface area contributed by atoms with Gasteiger partial charge in [0.25, 0.3) is 0 Å². The molecule has 0 N–H and O–H groups in total. The number of amides is 1. The van der Waals surface area contributed by atoms with Gasteiger partial charge >= 0.3 is 0 Å². The number of carbonyl (C=O) groups excluding carboxylic acids is 1. The van der Waals surface area contributed by atoms with Gasteiger partial charge in [-0.1, -0.05) is 6.92 Å². The van der Waals surface area contributed by atoms with E-state index in [1.54, 1.807) is 0 Å². The van der Waals surface area contributed by atoms with E-state index in [9.17, 15) is 4.79 Å². The van der Waals surface area contributed by atoms with Crippen LogP contribution in [0.5, 0.6) is 11.5 Å². The molecule has 4 rings (SSSR count). The Morgan fingerprint density at radius 3 is 2.78 bits per heavy atom. The maximum atomic E-state index is 11.8. The number of nitrogens with zero attached hydrogens (tertiary/aromatic N) is 1. The second kappa shape index (κ2) is 6.06. The standard InChI is InChI=1S/C19H25NO3/c1-2-18(21)20-7-3-13(4-8-20)11-16-15-6-10-22-17(15)12-14-5-9-23-19(14)16/h12-13H,2-11H2,1H3. The van der Waals surface area contributed by atoms with E-state index in [-0.39, 0.29) is 0 Å². The maximum absolute atomic E-state index is 11.8. The molecule has 0 spiro atoms. The molecule has 3 aliphatic rings. The van der Waals surface area contributed by atoms with Crippen LogP contribution >= 0.6 is 0 Å². The van der Waals surface area contributed by atoms with Crippen molar-refractivity contribution < 1.29 is 14.3 Å². The van der Waals surface area contributed by atoms with Crippen LogP contribution in [0.25, 0.3) is 0 Å². The monoisotopic (exact) mass is 315 g/mol. The quantitative estimate of drug-likeness (QED) is 0.861. The molecule has 1 aromatic carbocycles. The predicted molar refractivity (Wildman–Crippen MR) is 88.1 cm³/mol. The zero-order valence-corrected chi connectivity index (χ0v) is 13.9. The Hall–Kier alpha value is -1.71. The average molecular weight is 315 g/mol. The zero-order chi connectivity index (χ0) is 15.8. The van der Waals surface area contributed by atoms with Gasteiger partial charge in [0, 0.05) is 49.0 Å². The Kier molecular flexibility index (Phi) is 3.92. The predicted octanol–water partition coefficient (Wildman–Crippen LogP) is 2.75. The lowest BCUT2D eigenvalue weighted by Gasteiger charge is -2.32. The highest BCUT2D eigenvalue weighted by Gasteiger charge is 2.29. The van der Waals surface area contributed by atoms with E-state index >= 15 is 0 Å². The molecule has 0 aliphatic carbocycles. The van der Waals surface area contributed by atoms with Gasteiger partial charge in [0.1, 0.15) is 11.5 Å². The van der Waals surface area contributed by atoms with Gasteiger partial charge in [-0.3, -0.25) is 4.79 Å². The highest BCUT2D eigenvalue weighted by Crippen LogP contribution is 2.42. The molecule has 3 aliphatic heterocycles. The van der Waals surface area contributed by atoms with Crippen molar-refractivity contribution in [2.75, 3.05) is 26.3 Å². The summed E-state index contributed by atoms with van der Waals surface area (Å²) in [5, 5.41) is 0. The largest absolute Gasteiger partial charge is 0.493 e. The molecular weight excluding hydrogens is 290 g/mol. The third kappa shape index (κ3) is 2.68. The lowest BCUT2D eigenvalue weighted by Crippen LogP contribution is -2.38. The first-order valence-electron chi connectivity index (χ1n) is 8.97. The summed E-state index contributed by atoms with van der Waals surface area (Å²) in [5.74, 6) is 3.17. The van der Waals surface area contributed by atoms with Crippen molar-refractivity contribution in [2.45, 2.75) is 45.4 Å². The van der Waals surface area contributed by atoms with Crippen molar-refractivity contribution >= 4 is 5.91 Å². The van der Waals surface area contributed by atoms with Crippen LogP contribution in [0.15, 0.2) is 6.07 Å². The molecule has 23 heavy (non-hydrogen) atoms. The van der Waals surface area contributed by atoms with Gasteiger partial charge in [-0.25, -0.2) is 0 Å². The second-order valence-electron chi connectivity index (χ2n) is 6.90. The third-order valence-corrected chi connectivity index (χ3v) is 5.52. The van der Waals surface area contributed by atoms with Gasteiger partial charge < -0.3 is 14.4 Å². The average Bonchev–Trinajstić information content (AvgIpc) is 3.23. The molecule has 124 valence electrons. The van der Waals surface area contributed by atoms with Gasteiger partial charge in [0.2, 0.25) is 5.91 Å². The highest BCUT2D eigenvalue weighted by atomic mass is 16.5. The second-order valence-corrected chi connectivity index (χ2v) is 6.90. The SMILES string of the molecule is CCC(=O)N1CCC(Cc2c3c(cc4c2OCC4)OCC3)CC1. The highest BCUT2D eigenvalue weighted by molar-refractivity contribution is 5.75. The molecule has 0 saturated carbocycles. The number of piperidine rings is 1. The Labute approximate surface area is 137 Å². The molecule has 1 aromatic rings. The fourth-order valence-electron chi connectivity index (χ4n) is 4.20. The molecule has 0 unspecified atom stereocenters. The van der Waals surface area contributed by atoms with Crippen LogP contribution in [0.4, 0.5) is 0 Å². The number of ether oxygens (including phenoxy) is 2. The molecule has 1 saturated heterocycles. The molecule has 0 bridgehead atoms. The van der Waals surface area contributed by atoms with Crippen molar-refractivity contribution in [1.29, 1.82) is 0 Å². The summed E-state index contributed by atoms with van der Waals surface area (Å²) in [6.45, 7) is 5.36. The number of hydrogen-bond donors (Lipinski definition) is 0. The van der Waals surface area contributed by atoms with Crippen molar-refractivity contribution in [3.63, 3.8) is 0 Å². The van der Waals surface area contributed by atoms with Crippen LogP contribution in [-0.4, -0.2) is 37.1 Å². The fraction of sp³-hybridized carbons (Fsp3) is 0.632. The summed E-state index contributed by atoms with van der Waals surface area (Å²) in [6, 6.07) is 2.19. The number of hydrogen-bond acceptors (Lipinski definition) is 3. The molecular formula is C19H25NO3. The summed E-state index contributed by atoms with van der Waals surface area (Å²) in [5.41, 5.74) is 4.09. The molecule has 4 heteroatoms. The molecule has 1 fully saturated rings. The normalized spacial score (nSPS) is 20.0. The molecule has 1 amide bonds. The number of likely N-dealkylation sites (tertiary alicyclic amines) is 1. The summed E-state index contributed by atoms with van der Waals surface area (Å²) >= 11 is 0. The van der Waals surface area contributed by atoms with E-state index in [4.69, 9.17) is 9.47 Å².